The minimum atomic E-state index is -0.759. The molecule has 1 heterocycles. The van der Waals surface area contributed by atoms with Crippen molar-refractivity contribution in [3.8, 4) is 17.2 Å². The molecule has 1 aromatic heterocycles. The molecule has 0 aliphatic heterocycles. The fourth-order valence-electron chi connectivity index (χ4n) is 2.71. The van der Waals surface area contributed by atoms with Gasteiger partial charge in [-0.25, -0.2) is 4.79 Å². The molecule has 0 spiro atoms. The molecule has 3 rings (SSSR count). The Morgan fingerprint density at radius 1 is 1.07 bits per heavy atom. The van der Waals surface area contributed by atoms with Gasteiger partial charge in [0, 0.05) is 5.90 Å². The van der Waals surface area contributed by atoms with Gasteiger partial charge in [0.25, 0.3) is 0 Å². The Hall–Kier alpha value is -3.88. The molecular formula is C20H20N4O5. The van der Waals surface area contributed by atoms with E-state index < -0.39 is 11.5 Å². The van der Waals surface area contributed by atoms with Crippen LogP contribution >= 0.6 is 0 Å². The third-order valence-corrected chi connectivity index (χ3v) is 4.11. The number of aromatic amines is 1. The van der Waals surface area contributed by atoms with Gasteiger partial charge in [-0.1, -0.05) is 9.90 Å². The Morgan fingerprint density at radius 2 is 1.62 bits per heavy atom. The topological polar surface area (TPSA) is 113 Å². The first-order chi connectivity index (χ1) is 13.9. The molecular weight excluding hydrogens is 376 g/mol. The number of carbonyl (C=O) groups excluding carboxylic acids is 1. The predicted molar refractivity (Wildman–Crippen MR) is 103 cm³/mol. The van der Waals surface area contributed by atoms with Gasteiger partial charge in [0.15, 0.2) is 18.0 Å². The minimum Gasteiger partial charge on any atom is -0.855 e. The molecule has 29 heavy (non-hydrogen) atoms. The molecule has 1 N–H and O–H groups in total. The molecule has 0 radical (unpaired) electrons. The molecule has 0 saturated carbocycles. The number of ether oxygens (including phenoxy) is 2. The molecule has 0 bridgehead atoms. The largest absolute Gasteiger partial charge is 0.855 e. The average Bonchev–Trinajstić information content (AvgIpc) is 3.03. The zero-order chi connectivity index (χ0) is 21.0. The normalized spacial score (nSPS) is 11.3. The standard InChI is InChI=1S/C20H20N4O5/c1-13(25)12-23-18(19(26)21-14-4-8-16(28-2)9-5-14)20(27)24(22-23)15-6-10-17(29-3)11-7-15/h4-11H,12H2,1-3H3,(H-,21,22,26,27). The van der Waals surface area contributed by atoms with Crippen LogP contribution in [0.2, 0.25) is 0 Å². The summed E-state index contributed by atoms with van der Waals surface area (Å²) in [6.45, 7) is 1.20. The zero-order valence-corrected chi connectivity index (χ0v) is 16.2. The summed E-state index contributed by atoms with van der Waals surface area (Å²) in [5.74, 6) is 0.254. The fourth-order valence-corrected chi connectivity index (χ4v) is 2.71. The number of methoxy groups -OCH3 is 2. The van der Waals surface area contributed by atoms with Crippen molar-refractivity contribution in [3.63, 3.8) is 0 Å². The molecule has 3 aromatic rings. The van der Waals surface area contributed by atoms with Crippen molar-refractivity contribution in [1.82, 2.24) is 9.90 Å². The van der Waals surface area contributed by atoms with Crippen LogP contribution in [0.1, 0.15) is 12.6 Å². The van der Waals surface area contributed by atoms with Gasteiger partial charge in [-0.3, -0.25) is 9.79 Å². The van der Waals surface area contributed by atoms with E-state index >= 15 is 0 Å². The molecule has 0 amide bonds. The van der Waals surface area contributed by atoms with Gasteiger partial charge in [-0.05, 0) is 55.5 Å². The first kappa shape index (κ1) is 19.9. The highest BCUT2D eigenvalue weighted by molar-refractivity contribution is 5.89. The number of aliphatic imine (C=N–C) groups is 1. The monoisotopic (exact) mass is 396 g/mol. The van der Waals surface area contributed by atoms with E-state index in [1.54, 1.807) is 48.5 Å². The van der Waals surface area contributed by atoms with Crippen molar-refractivity contribution in [1.29, 1.82) is 0 Å². The molecule has 2 aromatic carbocycles. The Morgan fingerprint density at radius 3 is 2.14 bits per heavy atom. The third-order valence-electron chi connectivity index (χ3n) is 4.11. The number of carbonyl (C=O) groups is 1. The Bertz CT molecular complexity index is 1100. The lowest BCUT2D eigenvalue weighted by molar-refractivity contribution is -0.745. The quantitative estimate of drug-likeness (QED) is 0.355. The lowest BCUT2D eigenvalue weighted by Crippen LogP contribution is -2.48. The van der Waals surface area contributed by atoms with Gasteiger partial charge in [0.2, 0.25) is 5.69 Å². The van der Waals surface area contributed by atoms with E-state index in [-0.39, 0.29) is 18.0 Å². The summed E-state index contributed by atoms with van der Waals surface area (Å²) in [6.07, 6.45) is 0. The van der Waals surface area contributed by atoms with Crippen LogP contribution in [0.4, 0.5) is 5.69 Å². The van der Waals surface area contributed by atoms with Gasteiger partial charge in [0.1, 0.15) is 11.5 Å². The van der Waals surface area contributed by atoms with Crippen LogP contribution in [-0.2, 0) is 11.3 Å². The van der Waals surface area contributed by atoms with Gasteiger partial charge < -0.3 is 14.6 Å². The second kappa shape index (κ2) is 8.42. The summed E-state index contributed by atoms with van der Waals surface area (Å²) in [5, 5.41) is 15.5. The van der Waals surface area contributed by atoms with E-state index in [0.29, 0.717) is 22.9 Å². The highest BCUT2D eigenvalue weighted by atomic mass is 16.5. The van der Waals surface area contributed by atoms with Crippen molar-refractivity contribution in [2.75, 3.05) is 14.2 Å². The fraction of sp³-hybridized carbons (Fsp3) is 0.200. The highest BCUT2D eigenvalue weighted by Crippen LogP contribution is 2.18. The first-order valence-electron chi connectivity index (χ1n) is 8.71. The molecule has 0 unspecified atom stereocenters. The van der Waals surface area contributed by atoms with Crippen molar-refractivity contribution >= 4 is 17.4 Å². The molecule has 0 atom stereocenters. The van der Waals surface area contributed by atoms with E-state index in [0.717, 1.165) is 0 Å². The van der Waals surface area contributed by atoms with Crippen LogP contribution in [0.3, 0.4) is 0 Å². The molecule has 0 saturated heterocycles. The smallest absolute Gasteiger partial charge is 0.406 e. The highest BCUT2D eigenvalue weighted by Gasteiger charge is 2.24. The number of nitrogens with zero attached hydrogens (tertiary/aromatic N) is 3. The molecule has 0 fully saturated rings. The molecule has 0 aliphatic carbocycles. The molecule has 0 aliphatic rings. The van der Waals surface area contributed by atoms with E-state index in [2.05, 4.69) is 10.2 Å². The van der Waals surface area contributed by atoms with Gasteiger partial charge >= 0.3 is 5.56 Å². The number of nitrogens with one attached hydrogen (secondary N) is 1. The van der Waals surface area contributed by atoms with E-state index in [4.69, 9.17) is 9.47 Å². The summed E-state index contributed by atoms with van der Waals surface area (Å²) >= 11 is 0. The van der Waals surface area contributed by atoms with Crippen molar-refractivity contribution in [2.24, 2.45) is 4.99 Å². The van der Waals surface area contributed by atoms with Crippen molar-refractivity contribution < 1.29 is 24.1 Å². The van der Waals surface area contributed by atoms with Crippen LogP contribution in [0.5, 0.6) is 11.5 Å². The summed E-state index contributed by atoms with van der Waals surface area (Å²) in [4.78, 5) is 28.5. The Labute approximate surface area is 166 Å². The number of benzene rings is 2. The van der Waals surface area contributed by atoms with Crippen LogP contribution in [0, 0.1) is 0 Å². The number of Topliss-reactive ketones (excluding diaryl/α,β-unsaturated/α-hetero) is 1. The van der Waals surface area contributed by atoms with Crippen LogP contribution < -0.4 is 24.8 Å². The number of ketones is 1. The second-order valence-corrected chi connectivity index (χ2v) is 6.19. The SMILES string of the molecule is COc1ccc(N=C([O-])c2c(=O)n(-c3ccc(OC)cc3)[nH][n+]2CC(C)=O)cc1. The second-order valence-electron chi connectivity index (χ2n) is 6.19. The summed E-state index contributed by atoms with van der Waals surface area (Å²) in [5.41, 5.74) is -0.0103. The maximum Gasteiger partial charge on any atom is 0.406 e. The Balaban J connectivity index is 2.07. The van der Waals surface area contributed by atoms with Gasteiger partial charge in [0.05, 0.1) is 19.9 Å². The zero-order valence-electron chi connectivity index (χ0n) is 16.2. The number of aromatic nitrogens is 3. The van der Waals surface area contributed by atoms with Gasteiger partial charge in [-0.2, -0.15) is 0 Å². The van der Waals surface area contributed by atoms with Crippen LogP contribution in [0.25, 0.3) is 5.69 Å². The van der Waals surface area contributed by atoms with Crippen LogP contribution in [0.15, 0.2) is 58.3 Å². The summed E-state index contributed by atoms with van der Waals surface area (Å²) in [6, 6.07) is 13.2. The molecule has 150 valence electrons. The van der Waals surface area contributed by atoms with E-state index in [9.17, 15) is 14.7 Å². The Kier molecular flexibility index (Phi) is 5.77. The minimum absolute atomic E-state index is 0.169. The van der Waals surface area contributed by atoms with Crippen molar-refractivity contribution in [2.45, 2.75) is 13.5 Å². The molecule has 9 nitrogen and oxygen atoms in total. The van der Waals surface area contributed by atoms with Gasteiger partial charge in [-0.15, -0.1) is 4.68 Å². The van der Waals surface area contributed by atoms with E-state index in [1.807, 2.05) is 0 Å². The number of H-pyrrole nitrogens is 1. The number of hydrogen-bond donors (Lipinski definition) is 1. The first-order valence-corrected chi connectivity index (χ1v) is 8.71. The van der Waals surface area contributed by atoms with E-state index in [1.165, 1.54) is 30.5 Å². The average molecular weight is 396 g/mol. The lowest BCUT2D eigenvalue weighted by Gasteiger charge is -2.07. The van der Waals surface area contributed by atoms with Crippen molar-refractivity contribution in [3.05, 3.63) is 64.6 Å². The summed E-state index contributed by atoms with van der Waals surface area (Å²) in [7, 11) is 3.07. The molecule has 9 heteroatoms. The maximum atomic E-state index is 12.9. The summed E-state index contributed by atoms with van der Waals surface area (Å²) < 4.78 is 12.6. The third kappa shape index (κ3) is 4.34. The lowest BCUT2D eigenvalue weighted by atomic mass is 10.3. The van der Waals surface area contributed by atoms with Crippen LogP contribution in [-0.4, -0.2) is 35.8 Å². The predicted octanol–water partition coefficient (Wildman–Crippen LogP) is 0.498. The number of hydrogen-bond acceptors (Lipinski definition) is 6. The maximum absolute atomic E-state index is 12.9. The number of rotatable bonds is 7.